The Morgan fingerprint density at radius 2 is 0.879 bits per heavy atom. The average molecular weight is 1640 g/mol. The van der Waals surface area contributed by atoms with Crippen molar-refractivity contribution in [3.8, 4) is 0 Å². The number of pyridine rings is 2. The zero-order chi connectivity index (χ0) is 66.3. The molecule has 4 heterocycles. The first kappa shape index (κ1) is 70.7. The molecule has 0 fully saturated rings. The van der Waals surface area contributed by atoms with Crippen molar-refractivity contribution in [2.45, 2.75) is 36.3 Å². The van der Waals surface area contributed by atoms with Gasteiger partial charge in [-0.25, -0.2) is 19.3 Å². The fourth-order valence-corrected chi connectivity index (χ4v) is 13.5. The molecule has 0 saturated heterocycles. The molecule has 468 valence electrons. The van der Waals surface area contributed by atoms with E-state index >= 15 is 26.3 Å². The number of carbonyl (C=O) groups is 4. The number of nitrogen functional groups attached to an aromatic ring is 1. The number of halogens is 17. The third-order valence-corrected chi connectivity index (χ3v) is 18.1. The Balaban J connectivity index is 0.000000207. The summed E-state index contributed by atoms with van der Waals surface area (Å²) in [6.07, 6.45) is -2.59. The summed E-state index contributed by atoms with van der Waals surface area (Å²) >= 11 is 54.2. The number of alkyl halides is 6. The average Bonchev–Trinajstić information content (AvgIpc) is 1.67. The summed E-state index contributed by atoms with van der Waals surface area (Å²) in [5, 5.41) is 10.8. The predicted octanol–water partition coefficient (Wildman–Crippen LogP) is 20.0. The summed E-state index contributed by atoms with van der Waals surface area (Å²) in [6, 6.07) is 34.9. The highest BCUT2D eigenvalue weighted by Crippen LogP contribution is 2.51. The van der Waals surface area contributed by atoms with Crippen LogP contribution in [0.4, 0.5) is 37.7 Å². The zero-order valence-corrected chi connectivity index (χ0v) is 57.2. The van der Waals surface area contributed by atoms with Gasteiger partial charge < -0.3 is 11.1 Å². The van der Waals surface area contributed by atoms with Gasteiger partial charge in [0.25, 0.3) is 11.1 Å². The molecule has 29 heteroatoms. The first-order valence-corrected chi connectivity index (χ1v) is 31.6. The molecular weight excluding hydrogens is 1600 g/mol. The van der Waals surface area contributed by atoms with Gasteiger partial charge in [-0.05, 0) is 142 Å². The van der Waals surface area contributed by atoms with Crippen molar-refractivity contribution in [3.63, 3.8) is 0 Å². The Bertz CT molecular complexity index is 4330. The summed E-state index contributed by atoms with van der Waals surface area (Å²) in [5.41, 5.74) is 2.33. The highest BCUT2D eigenvalue weighted by molar-refractivity contribution is 9.11. The highest BCUT2D eigenvalue weighted by Gasteiger charge is 2.61. The highest BCUT2D eigenvalue weighted by atomic mass is 79.9. The van der Waals surface area contributed by atoms with Crippen LogP contribution in [0, 0.1) is 0 Å². The summed E-state index contributed by atoms with van der Waals surface area (Å²) in [7, 11) is 0. The molecule has 3 N–H and O–H groups in total. The van der Waals surface area contributed by atoms with Crippen LogP contribution in [0.15, 0.2) is 201 Å². The van der Waals surface area contributed by atoms with Crippen LogP contribution in [-0.2, 0) is 23.9 Å². The number of hydrogen-bond acceptors (Lipinski definition) is 9. The number of Topliss-reactive ketones (excluding diaryl/α,β-unsaturated/α-hetero) is 2. The maximum Gasteiger partial charge on any atom is 0.422 e. The fourth-order valence-electron chi connectivity index (χ4n) is 9.38. The maximum absolute atomic E-state index is 15.3. The van der Waals surface area contributed by atoms with Crippen molar-refractivity contribution >= 4 is 179 Å². The standard InChI is InChI=1S/C31H18Br2Cl3F3N4O2.C25H16Br2Cl2F3N3O.C6H3Cl2NO/c32-25-12-19(30(31(37,38)39,43-16-21(35)15-41-43)18-6-8-20(34)9-7-18)13-26(33)24(25)14-27(44)17-3-1-4-22(11-17)42-29(45)23-5-2-10-40-28(23)36;26-21-9-16(10-22(27)20(21)11-23(36)14-2-1-3-19(33)8-14)24(25(30,31)32,35-13-18(29)12-34-35)15-4-6-17(28)7-5-15;7-5-4(6(8)10)2-1-3-9-5/h1-13,15-16H,14H2,(H,42,45);1-10,12-13H,11,33H2;1-3H. The van der Waals surface area contributed by atoms with Gasteiger partial charge in [-0.1, -0.05) is 182 Å². The molecule has 0 aliphatic rings. The minimum atomic E-state index is -4.91. The van der Waals surface area contributed by atoms with Gasteiger partial charge in [0.2, 0.25) is 11.1 Å². The molecule has 10 aromatic rings. The minimum absolute atomic E-state index is 0.0138. The number of aromatic nitrogens is 6. The summed E-state index contributed by atoms with van der Waals surface area (Å²) < 4.78 is 94.1. The lowest BCUT2D eigenvalue weighted by molar-refractivity contribution is -0.190. The van der Waals surface area contributed by atoms with E-state index in [2.05, 4.69) is 89.2 Å². The largest absolute Gasteiger partial charge is 0.422 e. The Morgan fingerprint density at radius 1 is 0.484 bits per heavy atom. The van der Waals surface area contributed by atoms with E-state index in [0.717, 1.165) is 34.2 Å². The lowest BCUT2D eigenvalue weighted by Gasteiger charge is -2.37. The second kappa shape index (κ2) is 29.9. The second-order valence-corrected chi connectivity index (χ2v) is 25.5. The molecular formula is C62H37Br4Cl7F6N8O4. The van der Waals surface area contributed by atoms with Gasteiger partial charge in [-0.3, -0.25) is 19.2 Å². The van der Waals surface area contributed by atoms with E-state index in [1.54, 1.807) is 54.6 Å². The van der Waals surface area contributed by atoms with Crippen molar-refractivity contribution in [3.05, 3.63) is 287 Å². The van der Waals surface area contributed by atoms with Gasteiger partial charge in [0.05, 0.1) is 33.6 Å². The third kappa shape index (κ3) is 15.9. The number of hydrogen-bond donors (Lipinski definition) is 2. The molecule has 2 unspecified atom stereocenters. The van der Waals surface area contributed by atoms with E-state index in [1.165, 1.54) is 103 Å². The topological polar surface area (TPSA) is 168 Å². The van der Waals surface area contributed by atoms with Crippen LogP contribution in [-0.4, -0.2) is 64.6 Å². The summed E-state index contributed by atoms with van der Waals surface area (Å²) in [6.45, 7) is 0. The predicted molar refractivity (Wildman–Crippen MR) is 356 cm³/mol. The molecule has 0 bridgehead atoms. The Hall–Kier alpha value is -6.15. The number of ketones is 2. The number of rotatable bonds is 15. The van der Waals surface area contributed by atoms with Crippen molar-refractivity contribution in [1.29, 1.82) is 0 Å². The number of nitrogens with zero attached hydrogens (tertiary/aromatic N) is 6. The normalized spacial score (nSPS) is 12.7. The van der Waals surface area contributed by atoms with Crippen LogP contribution in [0.1, 0.15) is 74.8 Å². The van der Waals surface area contributed by atoms with Gasteiger partial charge in [0.1, 0.15) is 10.3 Å². The SMILES string of the molecule is Nc1cccc(C(=O)Cc2c(Br)cc(C(c3ccc(Cl)cc3)(n3cc(Cl)cn3)C(F)(F)F)cc2Br)c1.O=C(Cc1c(Br)cc(C(c2ccc(Cl)cc2)(n2cc(Cl)cn2)C(F)(F)F)cc1Br)c1cccc(NC(=O)c2cccnc2Cl)c1.O=C(Cl)c1cccnc1Cl. The second-order valence-electron chi connectivity index (χ2n) is 19.3. The summed E-state index contributed by atoms with van der Waals surface area (Å²) in [4.78, 5) is 57.0. The molecule has 0 spiro atoms. The molecule has 2 atom stereocenters. The fraction of sp³-hybridized carbons (Fsp3) is 0.0968. The third-order valence-electron chi connectivity index (χ3n) is 13.6. The number of nitrogens with one attached hydrogen (secondary N) is 1. The molecule has 0 saturated carbocycles. The Labute approximate surface area is 582 Å². The van der Waals surface area contributed by atoms with Crippen LogP contribution in [0.25, 0.3) is 0 Å². The van der Waals surface area contributed by atoms with Crippen molar-refractivity contribution < 1.29 is 45.5 Å². The van der Waals surface area contributed by atoms with Crippen LogP contribution < -0.4 is 11.1 Å². The van der Waals surface area contributed by atoms with E-state index in [1.807, 2.05) is 0 Å². The van der Waals surface area contributed by atoms with Crippen molar-refractivity contribution in [2.24, 2.45) is 0 Å². The molecule has 6 aromatic carbocycles. The van der Waals surface area contributed by atoms with Gasteiger partial charge in [-0.15, -0.1) is 0 Å². The molecule has 0 aliphatic carbocycles. The number of nitrogens with two attached hydrogens (primary N) is 1. The number of amides is 1. The van der Waals surface area contributed by atoms with E-state index in [4.69, 9.17) is 86.9 Å². The number of carbonyl (C=O) groups excluding carboxylic acids is 4. The van der Waals surface area contributed by atoms with Gasteiger partial charge in [0, 0.05) is 88.1 Å². The zero-order valence-electron chi connectivity index (χ0n) is 45.6. The van der Waals surface area contributed by atoms with Gasteiger partial charge in [-0.2, -0.15) is 36.5 Å². The maximum atomic E-state index is 15.3. The van der Waals surface area contributed by atoms with Crippen LogP contribution in [0.5, 0.6) is 0 Å². The van der Waals surface area contributed by atoms with Crippen molar-refractivity contribution in [2.75, 3.05) is 11.1 Å². The molecule has 10 rings (SSSR count). The molecule has 91 heavy (non-hydrogen) atoms. The lowest BCUT2D eigenvalue weighted by atomic mass is 9.81. The lowest BCUT2D eigenvalue weighted by Crippen LogP contribution is -2.50. The Kier molecular flexibility index (Phi) is 23.2. The molecule has 0 aliphatic heterocycles. The minimum Gasteiger partial charge on any atom is -0.399 e. The molecule has 0 radical (unpaired) electrons. The number of benzene rings is 6. The van der Waals surface area contributed by atoms with Gasteiger partial charge in [0.15, 0.2) is 11.6 Å². The van der Waals surface area contributed by atoms with Crippen LogP contribution in [0.3, 0.4) is 0 Å². The first-order valence-electron chi connectivity index (χ1n) is 25.7. The van der Waals surface area contributed by atoms with Crippen LogP contribution >= 0.6 is 145 Å². The van der Waals surface area contributed by atoms with Gasteiger partial charge >= 0.3 is 12.4 Å². The van der Waals surface area contributed by atoms with E-state index in [9.17, 15) is 19.2 Å². The molecule has 4 aromatic heterocycles. The van der Waals surface area contributed by atoms with Crippen molar-refractivity contribution in [1.82, 2.24) is 29.5 Å². The smallest absolute Gasteiger partial charge is 0.399 e. The quantitative estimate of drug-likeness (QED) is 0.0334. The van der Waals surface area contributed by atoms with E-state index in [0.29, 0.717) is 37.0 Å². The molecule has 1 amide bonds. The van der Waals surface area contributed by atoms with E-state index < -0.39 is 34.6 Å². The number of anilines is 2. The monoisotopic (exact) mass is 1630 g/mol. The Morgan fingerprint density at radius 3 is 1.23 bits per heavy atom. The van der Waals surface area contributed by atoms with E-state index in [-0.39, 0.29) is 103 Å². The molecule has 12 nitrogen and oxygen atoms in total. The first-order chi connectivity index (χ1) is 42.9. The summed E-state index contributed by atoms with van der Waals surface area (Å²) in [5.74, 6) is -1.10. The van der Waals surface area contributed by atoms with Crippen LogP contribution in [0.2, 0.25) is 30.4 Å².